The number of hydrogen-bond acceptors (Lipinski definition) is 9. The lowest BCUT2D eigenvalue weighted by Gasteiger charge is -2.37. The first-order chi connectivity index (χ1) is 18.4. The van der Waals surface area contributed by atoms with Crippen molar-refractivity contribution in [2.24, 2.45) is 13.0 Å². The van der Waals surface area contributed by atoms with Crippen LogP contribution in [-0.2, 0) is 21.9 Å². The van der Waals surface area contributed by atoms with Crippen molar-refractivity contribution in [2.45, 2.75) is 50.0 Å². The number of amides is 1. The second-order valence-electron chi connectivity index (χ2n) is 10.3. The minimum atomic E-state index is -4.11. The van der Waals surface area contributed by atoms with Crippen LogP contribution in [0, 0.1) is 17.2 Å². The molecule has 0 unspecified atom stereocenters. The quantitative estimate of drug-likeness (QED) is 0.431. The lowest BCUT2D eigenvalue weighted by atomic mass is 10.1. The summed E-state index contributed by atoms with van der Waals surface area (Å²) in [6, 6.07) is 5.01. The number of nitrogens with zero attached hydrogens (tertiary/aromatic N) is 7. The van der Waals surface area contributed by atoms with Gasteiger partial charge in [0.25, 0.3) is 6.43 Å². The maximum atomic E-state index is 13.4. The van der Waals surface area contributed by atoms with Gasteiger partial charge >= 0.3 is 0 Å². The standard InChI is InChI=1S/C24H28F2N8O3S2/c1-14(2)10-18(35)34-8-6-33(7-9-34)17-12-15(39(36,37)31-24(13-27)4-5-24)11-16-19(30-32(3)20(16)17)22-28-29-23(38-22)21(25)26/h11-12,14,21,31H,4-10H2,1-3H3. The van der Waals surface area contributed by atoms with E-state index in [1.165, 1.54) is 6.07 Å². The third-order valence-corrected chi connectivity index (χ3v) is 9.33. The van der Waals surface area contributed by atoms with Gasteiger partial charge in [-0.3, -0.25) is 9.48 Å². The number of rotatable bonds is 8. The Balaban J connectivity index is 1.58. The molecular weight excluding hydrogens is 550 g/mol. The highest BCUT2D eigenvalue weighted by atomic mass is 32.2. The number of carbonyl (C=O) groups is 1. The van der Waals surface area contributed by atoms with Gasteiger partial charge in [0.15, 0.2) is 10.0 Å². The molecule has 1 aliphatic heterocycles. The van der Waals surface area contributed by atoms with E-state index in [1.807, 2.05) is 24.8 Å². The van der Waals surface area contributed by atoms with Gasteiger partial charge in [-0.05, 0) is 30.9 Å². The van der Waals surface area contributed by atoms with Crippen molar-refractivity contribution in [1.29, 1.82) is 5.26 Å². The highest BCUT2D eigenvalue weighted by Crippen LogP contribution is 2.40. The summed E-state index contributed by atoms with van der Waals surface area (Å²) in [4.78, 5) is 16.3. The van der Waals surface area contributed by atoms with Crippen LogP contribution in [-0.4, -0.2) is 70.9 Å². The van der Waals surface area contributed by atoms with Gasteiger partial charge in [0.05, 0.1) is 22.2 Å². The van der Waals surface area contributed by atoms with Crippen LogP contribution in [0.5, 0.6) is 0 Å². The fourth-order valence-corrected chi connectivity index (χ4v) is 6.81. The number of nitriles is 1. The second kappa shape index (κ2) is 10.1. The molecule has 208 valence electrons. The fraction of sp³-hybridized carbons (Fsp3) is 0.542. The van der Waals surface area contributed by atoms with Gasteiger partial charge in [-0.25, -0.2) is 17.2 Å². The number of alkyl halides is 2. The number of anilines is 1. The molecule has 1 saturated carbocycles. The Morgan fingerprint density at radius 2 is 1.90 bits per heavy atom. The Labute approximate surface area is 228 Å². The van der Waals surface area contributed by atoms with Gasteiger partial charge in [0.2, 0.25) is 15.9 Å². The number of nitrogens with one attached hydrogen (secondary N) is 1. The zero-order valence-corrected chi connectivity index (χ0v) is 23.3. The van der Waals surface area contributed by atoms with Crippen LogP contribution >= 0.6 is 11.3 Å². The van der Waals surface area contributed by atoms with E-state index in [1.54, 1.807) is 22.7 Å². The number of piperazine rings is 1. The van der Waals surface area contributed by atoms with Crippen molar-refractivity contribution >= 4 is 43.9 Å². The zero-order valence-electron chi connectivity index (χ0n) is 21.7. The van der Waals surface area contributed by atoms with E-state index in [4.69, 9.17) is 0 Å². The molecular formula is C24H28F2N8O3S2. The van der Waals surface area contributed by atoms with Gasteiger partial charge in [-0.15, -0.1) is 10.2 Å². The van der Waals surface area contributed by atoms with Crippen LogP contribution < -0.4 is 9.62 Å². The Kier molecular flexibility index (Phi) is 7.06. The lowest BCUT2D eigenvalue weighted by Crippen LogP contribution is -2.49. The number of aryl methyl sites for hydroxylation is 1. The molecule has 5 rings (SSSR count). The molecule has 3 aromatic rings. The van der Waals surface area contributed by atoms with Crippen LogP contribution in [0.15, 0.2) is 17.0 Å². The van der Waals surface area contributed by atoms with Crippen LogP contribution in [0.2, 0.25) is 0 Å². The number of sulfonamides is 1. The van der Waals surface area contributed by atoms with Gasteiger partial charge in [0.1, 0.15) is 11.2 Å². The molecule has 0 radical (unpaired) electrons. The molecule has 0 atom stereocenters. The second-order valence-corrected chi connectivity index (χ2v) is 13.0. The van der Waals surface area contributed by atoms with E-state index in [9.17, 15) is 27.3 Å². The smallest absolute Gasteiger partial charge is 0.291 e. The van der Waals surface area contributed by atoms with Crippen molar-refractivity contribution in [3.05, 3.63) is 17.1 Å². The van der Waals surface area contributed by atoms with Gasteiger partial charge in [-0.2, -0.15) is 15.1 Å². The molecule has 2 aliphatic rings. The molecule has 3 heterocycles. The minimum Gasteiger partial charge on any atom is -0.366 e. The normalized spacial score (nSPS) is 17.3. The Morgan fingerprint density at radius 3 is 2.46 bits per heavy atom. The predicted octanol–water partition coefficient (Wildman–Crippen LogP) is 3.06. The van der Waals surface area contributed by atoms with Crippen molar-refractivity contribution in [2.75, 3.05) is 31.1 Å². The first kappa shape index (κ1) is 27.4. The van der Waals surface area contributed by atoms with E-state index in [0.717, 1.165) is 0 Å². The Morgan fingerprint density at radius 1 is 1.21 bits per heavy atom. The van der Waals surface area contributed by atoms with Crippen LogP contribution in [0.3, 0.4) is 0 Å². The molecule has 1 amide bonds. The van der Waals surface area contributed by atoms with Gasteiger partial charge in [-0.1, -0.05) is 25.2 Å². The summed E-state index contributed by atoms with van der Waals surface area (Å²) in [5, 5.41) is 21.5. The molecule has 2 fully saturated rings. The number of aromatic nitrogens is 4. The average Bonchev–Trinajstić information content (AvgIpc) is 3.31. The van der Waals surface area contributed by atoms with Crippen molar-refractivity contribution < 1.29 is 22.0 Å². The highest BCUT2D eigenvalue weighted by Gasteiger charge is 2.47. The predicted molar refractivity (Wildman–Crippen MR) is 141 cm³/mol. The first-order valence-electron chi connectivity index (χ1n) is 12.5. The Bertz CT molecular complexity index is 1570. The highest BCUT2D eigenvalue weighted by molar-refractivity contribution is 7.89. The summed E-state index contributed by atoms with van der Waals surface area (Å²) < 4.78 is 57.4. The first-order valence-corrected chi connectivity index (χ1v) is 14.8. The van der Waals surface area contributed by atoms with Gasteiger partial charge in [0, 0.05) is 45.0 Å². The molecule has 1 N–H and O–H groups in total. The summed E-state index contributed by atoms with van der Waals surface area (Å²) in [5.74, 6) is 0.321. The van der Waals surface area contributed by atoms with Crippen molar-refractivity contribution in [3.63, 3.8) is 0 Å². The minimum absolute atomic E-state index is 0.0716. The van der Waals surface area contributed by atoms with Crippen LogP contribution in [0.25, 0.3) is 21.6 Å². The maximum Gasteiger partial charge on any atom is 0.291 e. The molecule has 0 spiro atoms. The molecule has 11 nitrogen and oxygen atoms in total. The SMILES string of the molecule is CC(C)CC(=O)N1CCN(c2cc(S(=O)(=O)NC3(C#N)CC3)cc3c(-c4nnc(C(F)F)s4)nn(C)c23)CC1. The number of carbonyl (C=O) groups excluding carboxylic acids is 1. The van der Waals surface area contributed by atoms with Crippen molar-refractivity contribution in [3.8, 4) is 16.8 Å². The van der Waals surface area contributed by atoms with Crippen molar-refractivity contribution in [1.82, 2.24) is 29.6 Å². The van der Waals surface area contributed by atoms with Crippen LogP contribution in [0.4, 0.5) is 14.5 Å². The van der Waals surface area contributed by atoms with Crippen LogP contribution in [0.1, 0.15) is 44.5 Å². The molecule has 39 heavy (non-hydrogen) atoms. The summed E-state index contributed by atoms with van der Waals surface area (Å²) in [6.07, 6.45) is -1.50. The summed E-state index contributed by atoms with van der Waals surface area (Å²) in [7, 11) is -2.42. The molecule has 0 bridgehead atoms. The number of benzene rings is 1. The third kappa shape index (κ3) is 5.32. The van der Waals surface area contributed by atoms with E-state index in [0.29, 0.717) is 73.4 Å². The third-order valence-electron chi connectivity index (χ3n) is 6.88. The largest absolute Gasteiger partial charge is 0.366 e. The van der Waals surface area contributed by atoms with E-state index in [2.05, 4.69) is 20.0 Å². The zero-order chi connectivity index (χ0) is 28.1. The van der Waals surface area contributed by atoms with E-state index >= 15 is 0 Å². The topological polar surface area (TPSA) is 137 Å². The van der Waals surface area contributed by atoms with Gasteiger partial charge < -0.3 is 9.80 Å². The summed E-state index contributed by atoms with van der Waals surface area (Å²) >= 11 is 0.695. The molecule has 1 aliphatic carbocycles. The molecule has 15 heteroatoms. The number of hydrogen-bond donors (Lipinski definition) is 1. The average molecular weight is 579 g/mol. The number of halogens is 2. The molecule has 2 aromatic heterocycles. The Hall–Kier alpha value is -3.22. The van der Waals surface area contributed by atoms with E-state index < -0.39 is 27.0 Å². The monoisotopic (exact) mass is 578 g/mol. The fourth-order valence-electron chi connectivity index (χ4n) is 4.69. The molecule has 1 saturated heterocycles. The number of fused-ring (bicyclic) bond motifs is 1. The molecule has 1 aromatic carbocycles. The maximum absolute atomic E-state index is 13.4. The van der Waals surface area contributed by atoms with E-state index in [-0.39, 0.29) is 27.4 Å². The summed E-state index contributed by atoms with van der Waals surface area (Å²) in [6.45, 7) is 5.85. The summed E-state index contributed by atoms with van der Waals surface area (Å²) in [5.41, 5.74) is 0.286. The lowest BCUT2D eigenvalue weighted by molar-refractivity contribution is -0.132.